The van der Waals surface area contributed by atoms with Crippen LogP contribution in [0.3, 0.4) is 0 Å². The molecular formula is C8H8N2O3S. The molecule has 4 N–H and O–H groups in total. The topological polar surface area (TPSA) is 96.2 Å². The van der Waals surface area contributed by atoms with Gasteiger partial charge in [0.1, 0.15) is 10.6 Å². The molecule has 0 aliphatic carbocycles. The standard InChI is InChI=1S/C8H8N2O3S/c9-14(12,13)7-4-10-5-2-1-3-6(11)8(5)7/h1-4,10-11H,(H2,9,12,13). The monoisotopic (exact) mass is 212 g/mol. The number of fused-ring (bicyclic) bond motifs is 1. The summed E-state index contributed by atoms with van der Waals surface area (Å²) < 4.78 is 22.2. The van der Waals surface area contributed by atoms with Gasteiger partial charge < -0.3 is 10.1 Å². The normalized spacial score (nSPS) is 12.1. The van der Waals surface area contributed by atoms with Crippen LogP contribution in [-0.2, 0) is 10.0 Å². The van der Waals surface area contributed by atoms with E-state index in [0.717, 1.165) is 0 Å². The number of H-pyrrole nitrogens is 1. The fourth-order valence-corrected chi connectivity index (χ4v) is 2.08. The van der Waals surface area contributed by atoms with Crippen molar-refractivity contribution < 1.29 is 13.5 Å². The average Bonchev–Trinajstić information content (AvgIpc) is 2.47. The lowest BCUT2D eigenvalue weighted by molar-refractivity contribution is 0.480. The highest BCUT2D eigenvalue weighted by atomic mass is 32.2. The largest absolute Gasteiger partial charge is 0.507 e. The Morgan fingerprint density at radius 2 is 2.07 bits per heavy atom. The number of nitrogens with two attached hydrogens (primary N) is 1. The number of sulfonamides is 1. The molecule has 0 aliphatic heterocycles. The number of nitrogens with one attached hydrogen (secondary N) is 1. The van der Waals surface area contributed by atoms with Crippen LogP contribution in [0.25, 0.3) is 10.9 Å². The summed E-state index contributed by atoms with van der Waals surface area (Å²) in [5.74, 6) is -0.104. The van der Waals surface area contributed by atoms with Gasteiger partial charge in [0.2, 0.25) is 10.0 Å². The van der Waals surface area contributed by atoms with E-state index >= 15 is 0 Å². The zero-order valence-corrected chi connectivity index (χ0v) is 7.88. The van der Waals surface area contributed by atoms with E-state index in [4.69, 9.17) is 5.14 Å². The van der Waals surface area contributed by atoms with Crippen LogP contribution in [0.2, 0.25) is 0 Å². The average molecular weight is 212 g/mol. The molecule has 5 nitrogen and oxygen atoms in total. The van der Waals surface area contributed by atoms with Crippen molar-refractivity contribution >= 4 is 20.9 Å². The molecule has 1 aromatic heterocycles. The summed E-state index contributed by atoms with van der Waals surface area (Å²) in [5.41, 5.74) is 0.536. The van der Waals surface area contributed by atoms with Crippen molar-refractivity contribution in [3.05, 3.63) is 24.4 Å². The Labute approximate surface area is 80.2 Å². The summed E-state index contributed by atoms with van der Waals surface area (Å²) in [6, 6.07) is 4.68. The molecule has 14 heavy (non-hydrogen) atoms. The predicted octanol–water partition coefficient (Wildman–Crippen LogP) is 0.521. The molecular weight excluding hydrogens is 204 g/mol. The number of aromatic amines is 1. The van der Waals surface area contributed by atoms with E-state index in [9.17, 15) is 13.5 Å². The van der Waals surface area contributed by atoms with E-state index in [1.165, 1.54) is 12.3 Å². The van der Waals surface area contributed by atoms with Crippen LogP contribution in [0.5, 0.6) is 5.75 Å². The van der Waals surface area contributed by atoms with Gasteiger partial charge in [-0.3, -0.25) is 0 Å². The predicted molar refractivity (Wildman–Crippen MR) is 51.3 cm³/mol. The summed E-state index contributed by atoms with van der Waals surface area (Å²) in [7, 11) is -3.80. The maximum Gasteiger partial charge on any atom is 0.240 e. The van der Waals surface area contributed by atoms with Crippen molar-refractivity contribution in [3.8, 4) is 5.75 Å². The lowest BCUT2D eigenvalue weighted by Crippen LogP contribution is -2.11. The number of aromatic hydroxyl groups is 1. The molecule has 0 atom stereocenters. The van der Waals surface area contributed by atoms with Gasteiger partial charge in [-0.25, -0.2) is 13.6 Å². The molecule has 0 unspecified atom stereocenters. The molecule has 0 bridgehead atoms. The Morgan fingerprint density at radius 3 is 2.71 bits per heavy atom. The summed E-state index contributed by atoms with van der Waals surface area (Å²) in [6.07, 6.45) is 1.26. The minimum atomic E-state index is -3.80. The van der Waals surface area contributed by atoms with Crippen molar-refractivity contribution in [1.82, 2.24) is 4.98 Å². The Balaban J connectivity index is 2.94. The SMILES string of the molecule is NS(=O)(=O)c1c[nH]c2cccc(O)c12. The molecule has 6 heteroatoms. The van der Waals surface area contributed by atoms with Crippen molar-refractivity contribution in [3.63, 3.8) is 0 Å². The maximum atomic E-state index is 11.1. The van der Waals surface area contributed by atoms with Crippen LogP contribution in [0, 0.1) is 0 Å². The first-order valence-electron chi connectivity index (χ1n) is 3.82. The van der Waals surface area contributed by atoms with Gasteiger partial charge in [-0.05, 0) is 12.1 Å². The number of rotatable bonds is 1. The highest BCUT2D eigenvalue weighted by molar-refractivity contribution is 7.89. The Bertz CT molecular complexity index is 586. The summed E-state index contributed by atoms with van der Waals surface area (Å²) >= 11 is 0. The molecule has 0 fully saturated rings. The molecule has 1 aromatic carbocycles. The second-order valence-corrected chi connectivity index (χ2v) is 4.43. The third-order valence-corrected chi connectivity index (χ3v) is 2.89. The third kappa shape index (κ3) is 1.24. The van der Waals surface area contributed by atoms with Crippen LogP contribution in [0.15, 0.2) is 29.3 Å². The quantitative estimate of drug-likeness (QED) is 0.643. The lowest BCUT2D eigenvalue weighted by Gasteiger charge is -1.97. The fraction of sp³-hybridized carbons (Fsp3) is 0. The molecule has 2 rings (SSSR count). The van der Waals surface area contributed by atoms with Crippen LogP contribution in [-0.4, -0.2) is 18.5 Å². The number of phenols is 1. The van der Waals surface area contributed by atoms with Crippen molar-refractivity contribution in [2.75, 3.05) is 0 Å². The third-order valence-electron chi connectivity index (χ3n) is 1.95. The second-order valence-electron chi connectivity index (χ2n) is 2.90. The molecule has 0 saturated carbocycles. The lowest BCUT2D eigenvalue weighted by atomic mass is 10.2. The van der Waals surface area contributed by atoms with Gasteiger partial charge in [-0.15, -0.1) is 0 Å². The molecule has 0 radical (unpaired) electrons. The first-order valence-corrected chi connectivity index (χ1v) is 5.36. The Hall–Kier alpha value is -1.53. The van der Waals surface area contributed by atoms with E-state index in [1.807, 2.05) is 0 Å². The second kappa shape index (κ2) is 2.73. The number of phenolic OH excluding ortho intramolecular Hbond substituents is 1. The van der Waals surface area contributed by atoms with Crippen molar-refractivity contribution in [2.45, 2.75) is 4.90 Å². The molecule has 74 valence electrons. The highest BCUT2D eigenvalue weighted by Gasteiger charge is 2.16. The van der Waals surface area contributed by atoms with Crippen LogP contribution < -0.4 is 5.14 Å². The number of aromatic nitrogens is 1. The number of benzene rings is 1. The first kappa shape index (κ1) is 9.04. The van der Waals surface area contributed by atoms with E-state index in [1.54, 1.807) is 12.1 Å². The van der Waals surface area contributed by atoms with E-state index in [0.29, 0.717) is 5.52 Å². The number of hydrogen-bond donors (Lipinski definition) is 3. The minimum absolute atomic E-state index is 0.0920. The molecule has 2 aromatic rings. The smallest absolute Gasteiger partial charge is 0.240 e. The van der Waals surface area contributed by atoms with Gasteiger partial charge in [0.15, 0.2) is 0 Å². The molecule has 1 heterocycles. The number of primary sulfonamides is 1. The van der Waals surface area contributed by atoms with Gasteiger partial charge in [0, 0.05) is 6.20 Å². The summed E-state index contributed by atoms with van der Waals surface area (Å²) in [6.45, 7) is 0. The number of hydrogen-bond acceptors (Lipinski definition) is 3. The zero-order valence-electron chi connectivity index (χ0n) is 7.06. The van der Waals surface area contributed by atoms with E-state index < -0.39 is 10.0 Å². The van der Waals surface area contributed by atoms with Crippen LogP contribution in [0.4, 0.5) is 0 Å². The van der Waals surface area contributed by atoms with Gasteiger partial charge in [0.05, 0.1) is 10.9 Å². The van der Waals surface area contributed by atoms with E-state index in [2.05, 4.69) is 4.98 Å². The Kier molecular flexibility index (Phi) is 1.76. The summed E-state index contributed by atoms with van der Waals surface area (Å²) in [4.78, 5) is 2.62. The first-order chi connectivity index (χ1) is 6.50. The molecule has 0 aliphatic rings. The van der Waals surface area contributed by atoms with Crippen molar-refractivity contribution in [2.24, 2.45) is 5.14 Å². The zero-order chi connectivity index (χ0) is 10.3. The van der Waals surface area contributed by atoms with Crippen LogP contribution in [0.1, 0.15) is 0 Å². The molecule has 0 saturated heterocycles. The Morgan fingerprint density at radius 1 is 1.36 bits per heavy atom. The van der Waals surface area contributed by atoms with Gasteiger partial charge in [-0.1, -0.05) is 6.07 Å². The molecule has 0 amide bonds. The maximum absolute atomic E-state index is 11.1. The molecule has 0 spiro atoms. The summed E-state index contributed by atoms with van der Waals surface area (Å²) in [5, 5.41) is 14.7. The van der Waals surface area contributed by atoms with E-state index in [-0.39, 0.29) is 16.0 Å². The van der Waals surface area contributed by atoms with Crippen LogP contribution >= 0.6 is 0 Å². The van der Waals surface area contributed by atoms with Gasteiger partial charge in [0.25, 0.3) is 0 Å². The minimum Gasteiger partial charge on any atom is -0.507 e. The van der Waals surface area contributed by atoms with Gasteiger partial charge in [-0.2, -0.15) is 0 Å². The fourth-order valence-electron chi connectivity index (χ4n) is 1.36. The highest BCUT2D eigenvalue weighted by Crippen LogP contribution is 2.29. The van der Waals surface area contributed by atoms with Gasteiger partial charge >= 0.3 is 0 Å². The van der Waals surface area contributed by atoms with Crippen molar-refractivity contribution in [1.29, 1.82) is 0 Å².